The van der Waals surface area contributed by atoms with Gasteiger partial charge >= 0.3 is 0 Å². The fraction of sp³-hybridized carbons (Fsp3) is 0.600. The van der Waals surface area contributed by atoms with Crippen LogP contribution in [0.15, 0.2) is 18.2 Å². The van der Waals surface area contributed by atoms with Gasteiger partial charge in [0.1, 0.15) is 17.2 Å². The van der Waals surface area contributed by atoms with Gasteiger partial charge in [-0.25, -0.2) is 4.39 Å². The van der Waals surface area contributed by atoms with E-state index in [4.69, 9.17) is 4.74 Å². The minimum Gasteiger partial charge on any atom is -0.485 e. The maximum absolute atomic E-state index is 13.8. The topological polar surface area (TPSA) is 29.5 Å². The van der Waals surface area contributed by atoms with Crippen LogP contribution in [0.2, 0.25) is 0 Å². The van der Waals surface area contributed by atoms with E-state index in [2.05, 4.69) is 0 Å². The van der Waals surface area contributed by atoms with Gasteiger partial charge < -0.3 is 9.84 Å². The fourth-order valence-corrected chi connectivity index (χ4v) is 1.46. The van der Waals surface area contributed by atoms with Crippen molar-refractivity contribution in [2.75, 3.05) is 0 Å². The summed E-state index contributed by atoms with van der Waals surface area (Å²) in [5.41, 5.74) is -1.14. The van der Waals surface area contributed by atoms with Gasteiger partial charge in [0.2, 0.25) is 0 Å². The van der Waals surface area contributed by atoms with E-state index in [1.54, 1.807) is 39.8 Å². The molecule has 3 heteroatoms. The quantitative estimate of drug-likeness (QED) is 0.883. The van der Waals surface area contributed by atoms with Crippen LogP contribution < -0.4 is 4.74 Å². The summed E-state index contributed by atoms with van der Waals surface area (Å²) in [6.45, 7) is 10.8. The molecule has 0 spiro atoms. The summed E-state index contributed by atoms with van der Waals surface area (Å²) in [5, 5.41) is 10.0. The van der Waals surface area contributed by atoms with Gasteiger partial charge in [0, 0.05) is 6.07 Å². The zero-order valence-electron chi connectivity index (χ0n) is 12.0. The van der Waals surface area contributed by atoms with Crippen LogP contribution in [-0.2, 0) is 0 Å². The number of benzene rings is 1. The van der Waals surface area contributed by atoms with Crippen molar-refractivity contribution in [1.29, 1.82) is 0 Å². The summed E-state index contributed by atoms with van der Waals surface area (Å²) in [6.07, 6.45) is 0. The third kappa shape index (κ3) is 3.22. The van der Waals surface area contributed by atoms with Crippen molar-refractivity contribution in [2.24, 2.45) is 0 Å². The molecule has 0 aliphatic carbocycles. The van der Waals surface area contributed by atoms with Gasteiger partial charge in [0.15, 0.2) is 0 Å². The fourth-order valence-electron chi connectivity index (χ4n) is 1.46. The number of hydrogen-bond donors (Lipinski definition) is 1. The third-order valence-corrected chi connectivity index (χ3v) is 3.44. The standard InChI is InChI=1S/C15H23FO2/c1-10(2)12-8-7-11(9-13(12)16)18-15(5,6)14(3,4)17/h7-10,17H,1-6H3. The number of ether oxygens (including phenoxy) is 1. The minimum absolute atomic E-state index is 0.140. The molecule has 0 unspecified atom stereocenters. The third-order valence-electron chi connectivity index (χ3n) is 3.44. The molecule has 0 heterocycles. The van der Waals surface area contributed by atoms with Gasteiger partial charge in [-0.15, -0.1) is 0 Å². The Morgan fingerprint density at radius 2 is 1.72 bits per heavy atom. The number of hydrogen-bond acceptors (Lipinski definition) is 2. The van der Waals surface area contributed by atoms with Crippen LogP contribution in [0.1, 0.15) is 53.0 Å². The number of rotatable bonds is 4. The van der Waals surface area contributed by atoms with Gasteiger partial charge in [0.05, 0.1) is 5.60 Å². The normalized spacial score (nSPS) is 12.9. The summed E-state index contributed by atoms with van der Waals surface area (Å²) in [7, 11) is 0. The van der Waals surface area contributed by atoms with E-state index < -0.39 is 11.2 Å². The van der Waals surface area contributed by atoms with Crippen LogP contribution in [0.4, 0.5) is 4.39 Å². The van der Waals surface area contributed by atoms with Crippen molar-refractivity contribution >= 4 is 0 Å². The smallest absolute Gasteiger partial charge is 0.131 e. The second-order valence-corrected chi connectivity index (χ2v) is 6.01. The lowest BCUT2D eigenvalue weighted by Gasteiger charge is -2.37. The Morgan fingerprint density at radius 1 is 1.17 bits per heavy atom. The van der Waals surface area contributed by atoms with Crippen LogP contribution >= 0.6 is 0 Å². The SMILES string of the molecule is CC(C)c1ccc(OC(C)(C)C(C)(C)O)cc1F. The first kappa shape index (κ1) is 15.0. The first-order valence-electron chi connectivity index (χ1n) is 6.25. The molecule has 0 aliphatic heterocycles. The molecule has 1 rings (SSSR count). The average Bonchev–Trinajstić information content (AvgIpc) is 2.14. The highest BCUT2D eigenvalue weighted by atomic mass is 19.1. The molecule has 1 N–H and O–H groups in total. The lowest BCUT2D eigenvalue weighted by molar-refractivity contribution is -0.0907. The number of halogens is 1. The van der Waals surface area contributed by atoms with Crippen molar-refractivity contribution in [3.05, 3.63) is 29.6 Å². The summed E-state index contributed by atoms with van der Waals surface area (Å²) < 4.78 is 19.5. The van der Waals surface area contributed by atoms with Crippen LogP contribution in [0, 0.1) is 5.82 Å². The first-order valence-corrected chi connectivity index (χ1v) is 6.25. The van der Waals surface area contributed by atoms with Crippen molar-refractivity contribution < 1.29 is 14.2 Å². The number of aliphatic hydroxyl groups is 1. The van der Waals surface area contributed by atoms with E-state index in [1.165, 1.54) is 6.07 Å². The molecular formula is C15H23FO2. The van der Waals surface area contributed by atoms with Crippen LogP contribution in [0.5, 0.6) is 5.75 Å². The minimum atomic E-state index is -1.01. The van der Waals surface area contributed by atoms with E-state index in [9.17, 15) is 9.50 Å². The highest BCUT2D eigenvalue weighted by molar-refractivity contribution is 5.31. The predicted octanol–water partition coefficient (Wildman–Crippen LogP) is 3.88. The van der Waals surface area contributed by atoms with E-state index in [0.717, 1.165) is 0 Å². The molecule has 102 valence electrons. The van der Waals surface area contributed by atoms with Crippen molar-refractivity contribution in [2.45, 2.75) is 58.7 Å². The molecule has 0 saturated heterocycles. The highest BCUT2D eigenvalue weighted by Crippen LogP contribution is 2.30. The van der Waals surface area contributed by atoms with E-state index >= 15 is 0 Å². The molecule has 0 bridgehead atoms. The molecule has 1 aromatic rings. The lowest BCUT2D eigenvalue weighted by atomic mass is 9.89. The Bertz CT molecular complexity index is 417. The molecule has 0 fully saturated rings. The zero-order valence-corrected chi connectivity index (χ0v) is 12.0. The Balaban J connectivity index is 2.97. The monoisotopic (exact) mass is 254 g/mol. The molecule has 18 heavy (non-hydrogen) atoms. The molecular weight excluding hydrogens is 231 g/mol. The van der Waals surface area contributed by atoms with Crippen LogP contribution in [0.3, 0.4) is 0 Å². The summed E-state index contributed by atoms with van der Waals surface area (Å²) >= 11 is 0. The molecule has 2 nitrogen and oxygen atoms in total. The van der Waals surface area contributed by atoms with Gasteiger partial charge in [0.25, 0.3) is 0 Å². The van der Waals surface area contributed by atoms with Gasteiger partial charge in [-0.05, 0) is 45.2 Å². The average molecular weight is 254 g/mol. The Labute approximate surface area is 109 Å². The predicted molar refractivity (Wildman–Crippen MR) is 71.5 cm³/mol. The maximum Gasteiger partial charge on any atom is 0.131 e. The summed E-state index contributed by atoms with van der Waals surface area (Å²) in [5.74, 6) is 0.305. The van der Waals surface area contributed by atoms with Crippen molar-refractivity contribution in [3.8, 4) is 5.75 Å². The Kier molecular flexibility index (Phi) is 4.06. The second kappa shape index (κ2) is 4.88. The van der Waals surface area contributed by atoms with E-state index in [1.807, 2.05) is 13.8 Å². The van der Waals surface area contributed by atoms with E-state index in [0.29, 0.717) is 11.3 Å². The molecule has 0 saturated carbocycles. The summed E-state index contributed by atoms with van der Waals surface area (Å²) in [4.78, 5) is 0. The second-order valence-electron chi connectivity index (χ2n) is 6.01. The molecule has 0 aromatic heterocycles. The zero-order chi connectivity index (χ0) is 14.1. The molecule has 0 amide bonds. The van der Waals surface area contributed by atoms with Crippen molar-refractivity contribution in [3.63, 3.8) is 0 Å². The molecule has 0 radical (unpaired) electrons. The van der Waals surface area contributed by atoms with Gasteiger partial charge in [-0.1, -0.05) is 19.9 Å². The van der Waals surface area contributed by atoms with Crippen LogP contribution in [0.25, 0.3) is 0 Å². The summed E-state index contributed by atoms with van der Waals surface area (Å²) in [6, 6.07) is 4.85. The molecule has 0 atom stereocenters. The molecule has 0 aliphatic rings. The Hall–Kier alpha value is -1.09. The molecule has 1 aromatic carbocycles. The highest BCUT2D eigenvalue weighted by Gasteiger charge is 2.37. The lowest BCUT2D eigenvalue weighted by Crippen LogP contribution is -2.49. The van der Waals surface area contributed by atoms with Gasteiger partial charge in [-0.3, -0.25) is 0 Å². The Morgan fingerprint density at radius 3 is 2.11 bits per heavy atom. The van der Waals surface area contributed by atoms with E-state index in [-0.39, 0.29) is 11.7 Å². The first-order chi connectivity index (χ1) is 8.04. The van der Waals surface area contributed by atoms with Gasteiger partial charge in [-0.2, -0.15) is 0 Å². The van der Waals surface area contributed by atoms with Crippen LogP contribution in [-0.4, -0.2) is 16.3 Å². The van der Waals surface area contributed by atoms with Crippen molar-refractivity contribution in [1.82, 2.24) is 0 Å². The maximum atomic E-state index is 13.8. The largest absolute Gasteiger partial charge is 0.485 e.